The minimum Gasteiger partial charge on any atom is -0.756 e. The van der Waals surface area contributed by atoms with E-state index < -0.39 is 26.6 Å². The maximum atomic E-state index is 12.8. The van der Waals surface area contributed by atoms with Crippen LogP contribution in [0.3, 0.4) is 0 Å². The number of phosphoric acid groups is 1. The highest BCUT2D eigenvalue weighted by Crippen LogP contribution is 2.38. The van der Waals surface area contributed by atoms with Crippen molar-refractivity contribution in [3.63, 3.8) is 0 Å². The Morgan fingerprint density at radius 1 is 0.581 bits per heavy atom. The molecule has 3 atom stereocenters. The van der Waals surface area contributed by atoms with Crippen LogP contribution >= 0.6 is 7.82 Å². The van der Waals surface area contributed by atoms with Gasteiger partial charge in [0.15, 0.2) is 0 Å². The second kappa shape index (κ2) is 42.9. The van der Waals surface area contributed by atoms with Gasteiger partial charge in [0.1, 0.15) is 13.2 Å². The van der Waals surface area contributed by atoms with E-state index >= 15 is 0 Å². The molecule has 0 aliphatic heterocycles. The van der Waals surface area contributed by atoms with E-state index in [2.05, 4.69) is 141 Å². The van der Waals surface area contributed by atoms with Gasteiger partial charge in [-0.3, -0.25) is 9.36 Å². The molecule has 350 valence electrons. The fraction of sp³-hybridized carbons (Fsp3) is 0.566. The summed E-state index contributed by atoms with van der Waals surface area (Å²) in [7, 11) is 1.20. The Kier molecular flexibility index (Phi) is 40.6. The number of amides is 1. The molecule has 0 aromatic carbocycles. The first-order valence-electron chi connectivity index (χ1n) is 23.5. The molecule has 0 bridgehead atoms. The van der Waals surface area contributed by atoms with Gasteiger partial charge < -0.3 is 28.8 Å². The molecule has 0 aromatic heterocycles. The van der Waals surface area contributed by atoms with Crippen LogP contribution < -0.4 is 10.2 Å². The number of carbonyl (C=O) groups is 1. The lowest BCUT2D eigenvalue weighted by atomic mass is 10.1. The van der Waals surface area contributed by atoms with E-state index in [0.717, 1.165) is 96.3 Å². The van der Waals surface area contributed by atoms with E-state index in [0.29, 0.717) is 17.4 Å². The molecular weight excluding hydrogens is 792 g/mol. The first-order valence-corrected chi connectivity index (χ1v) is 25.0. The normalized spacial score (nSPS) is 15.4. The first kappa shape index (κ1) is 58.6. The molecule has 0 spiro atoms. The van der Waals surface area contributed by atoms with Crippen LogP contribution in [0.15, 0.2) is 134 Å². The van der Waals surface area contributed by atoms with Gasteiger partial charge in [-0.15, -0.1) is 0 Å². The van der Waals surface area contributed by atoms with Gasteiger partial charge >= 0.3 is 0 Å². The molecule has 2 N–H and O–H groups in total. The number of hydrogen-bond acceptors (Lipinski definition) is 6. The Hall–Kier alpha value is -3.36. The largest absolute Gasteiger partial charge is 0.756 e. The van der Waals surface area contributed by atoms with Crippen LogP contribution in [0.1, 0.15) is 142 Å². The van der Waals surface area contributed by atoms with Crippen molar-refractivity contribution in [1.29, 1.82) is 0 Å². The van der Waals surface area contributed by atoms with E-state index in [4.69, 9.17) is 9.05 Å². The number of phosphoric ester groups is 1. The third-order valence-electron chi connectivity index (χ3n) is 9.37. The van der Waals surface area contributed by atoms with Crippen molar-refractivity contribution < 1.29 is 32.9 Å². The standard InChI is InChI=1S/C53H87N2O6P/c1-6-8-10-12-14-15-16-17-18-19-20-21-22-23-24-25-26-27-28-29-30-31-32-33-34-35-36-37-38-39-41-43-45-47-53(57)54-51(52(56)46-44-42-40-13-11-9-7-2)50-61-62(58,59)60-49-48-55(3,4)5/h8,10,14-15,17-18,20-21,23-24,26-27,29-30,32-33,35-36,38-39,44,46,51-52,56H,6-7,9,11-13,16,19,22,25,28,31,34,37,40-43,45,47-50H2,1-5H3,(H-,54,57,58,59)/b10-8-,15-14-,18-17-,21-20-,24-23-,27-26-,30-29-,33-32-,36-35-,39-38-,46-44+. The quantitative estimate of drug-likeness (QED) is 0.0275. The summed E-state index contributed by atoms with van der Waals surface area (Å²) >= 11 is 0. The molecule has 0 rings (SSSR count). The minimum atomic E-state index is -4.60. The highest BCUT2D eigenvalue weighted by Gasteiger charge is 2.23. The van der Waals surface area contributed by atoms with E-state index in [9.17, 15) is 19.4 Å². The Morgan fingerprint density at radius 3 is 1.42 bits per heavy atom. The van der Waals surface area contributed by atoms with Crippen molar-refractivity contribution in [3.05, 3.63) is 134 Å². The number of likely N-dealkylation sites (N-methyl/N-ethyl adjacent to an activating group) is 1. The van der Waals surface area contributed by atoms with Gasteiger partial charge in [-0.1, -0.05) is 173 Å². The van der Waals surface area contributed by atoms with Gasteiger partial charge in [-0.2, -0.15) is 0 Å². The summed E-state index contributed by atoms with van der Waals surface area (Å²) in [5.74, 6) is -0.252. The van der Waals surface area contributed by atoms with Gasteiger partial charge in [0.05, 0.1) is 39.9 Å². The second-order valence-corrected chi connectivity index (χ2v) is 17.8. The SMILES string of the molecule is CC/C=C\C/C=C\C/C=C\C/C=C\C/C=C\C/C=C\C/C=C\C/C=C\C/C=C\C/C=C\CCCCC(=O)NC(COP(=O)([O-])OCC[N+](C)(C)C)C(O)/C=C/CCCCCCC. The number of quaternary nitrogens is 1. The zero-order chi connectivity index (χ0) is 45.7. The summed E-state index contributed by atoms with van der Waals surface area (Å²) in [4.78, 5) is 25.2. The minimum absolute atomic E-state index is 0.0182. The van der Waals surface area contributed by atoms with E-state index in [1.807, 2.05) is 27.2 Å². The number of aliphatic hydroxyl groups is 1. The van der Waals surface area contributed by atoms with Crippen molar-refractivity contribution in [2.45, 2.75) is 154 Å². The molecule has 0 aliphatic carbocycles. The molecule has 0 fully saturated rings. The number of aliphatic hydroxyl groups excluding tert-OH is 1. The van der Waals surface area contributed by atoms with Crippen molar-refractivity contribution >= 4 is 13.7 Å². The van der Waals surface area contributed by atoms with Crippen LogP contribution in [0.25, 0.3) is 0 Å². The fourth-order valence-electron chi connectivity index (χ4n) is 5.65. The van der Waals surface area contributed by atoms with Crippen LogP contribution in [0.5, 0.6) is 0 Å². The third kappa shape index (κ3) is 44.7. The molecule has 9 heteroatoms. The van der Waals surface area contributed by atoms with E-state index in [1.54, 1.807) is 6.08 Å². The number of rotatable bonds is 40. The Morgan fingerprint density at radius 2 is 0.984 bits per heavy atom. The van der Waals surface area contributed by atoms with Crippen molar-refractivity contribution in [1.82, 2.24) is 5.32 Å². The van der Waals surface area contributed by atoms with Crippen LogP contribution in [-0.4, -0.2) is 68.5 Å². The van der Waals surface area contributed by atoms with E-state index in [1.165, 1.54) is 19.3 Å². The van der Waals surface area contributed by atoms with Gasteiger partial charge in [0.2, 0.25) is 5.91 Å². The summed E-state index contributed by atoms with van der Waals surface area (Å²) in [6.07, 6.45) is 65.4. The molecule has 0 heterocycles. The third-order valence-corrected chi connectivity index (χ3v) is 10.3. The molecule has 0 saturated heterocycles. The molecule has 0 aliphatic rings. The van der Waals surface area contributed by atoms with Gasteiger partial charge in [-0.05, 0) is 96.3 Å². The number of nitrogens with zero attached hydrogens (tertiary/aromatic N) is 1. The molecule has 3 unspecified atom stereocenters. The zero-order valence-electron chi connectivity index (χ0n) is 39.5. The van der Waals surface area contributed by atoms with Gasteiger partial charge in [-0.25, -0.2) is 0 Å². The highest BCUT2D eigenvalue weighted by atomic mass is 31.2. The summed E-state index contributed by atoms with van der Waals surface area (Å²) in [6.45, 7) is 4.39. The molecular formula is C53H87N2O6P. The molecule has 62 heavy (non-hydrogen) atoms. The van der Waals surface area contributed by atoms with Crippen molar-refractivity contribution in [2.24, 2.45) is 0 Å². The lowest BCUT2D eigenvalue weighted by molar-refractivity contribution is -0.870. The summed E-state index contributed by atoms with van der Waals surface area (Å²) < 4.78 is 23.0. The van der Waals surface area contributed by atoms with Crippen LogP contribution in [0, 0.1) is 0 Å². The Bertz CT molecular complexity index is 1460. The number of nitrogens with one attached hydrogen (secondary N) is 1. The fourth-order valence-corrected chi connectivity index (χ4v) is 6.37. The zero-order valence-corrected chi connectivity index (χ0v) is 40.4. The number of hydrogen-bond donors (Lipinski definition) is 2. The molecule has 8 nitrogen and oxygen atoms in total. The van der Waals surface area contributed by atoms with Gasteiger partial charge in [0, 0.05) is 6.42 Å². The van der Waals surface area contributed by atoms with Crippen LogP contribution in [-0.2, 0) is 18.4 Å². The maximum absolute atomic E-state index is 12.8. The lowest BCUT2D eigenvalue weighted by Gasteiger charge is -2.29. The summed E-state index contributed by atoms with van der Waals surface area (Å²) in [5, 5.41) is 13.6. The Balaban J connectivity index is 4.24. The van der Waals surface area contributed by atoms with Crippen LogP contribution in [0.2, 0.25) is 0 Å². The summed E-state index contributed by atoms with van der Waals surface area (Å²) in [6, 6.07) is -0.917. The second-order valence-electron chi connectivity index (χ2n) is 16.4. The average Bonchev–Trinajstić information content (AvgIpc) is 3.23. The lowest BCUT2D eigenvalue weighted by Crippen LogP contribution is -2.45. The number of allylic oxidation sites excluding steroid dienone is 21. The molecule has 1 amide bonds. The topological polar surface area (TPSA) is 108 Å². The first-order chi connectivity index (χ1) is 30.0. The maximum Gasteiger partial charge on any atom is 0.268 e. The smallest absolute Gasteiger partial charge is 0.268 e. The van der Waals surface area contributed by atoms with Crippen LogP contribution in [0.4, 0.5) is 0 Å². The predicted octanol–water partition coefficient (Wildman–Crippen LogP) is 13.0. The van der Waals surface area contributed by atoms with E-state index in [-0.39, 0.29) is 18.9 Å². The molecule has 0 saturated carbocycles. The number of carbonyl (C=O) groups excluding carboxylic acids is 1. The molecule has 0 aromatic rings. The Labute approximate surface area is 379 Å². The highest BCUT2D eigenvalue weighted by molar-refractivity contribution is 7.45. The molecule has 0 radical (unpaired) electrons. The average molecular weight is 879 g/mol. The van der Waals surface area contributed by atoms with Crippen molar-refractivity contribution in [2.75, 3.05) is 40.9 Å². The van der Waals surface area contributed by atoms with Gasteiger partial charge in [0.25, 0.3) is 7.82 Å². The monoisotopic (exact) mass is 879 g/mol. The number of unbranched alkanes of at least 4 members (excludes halogenated alkanes) is 7. The van der Waals surface area contributed by atoms with Crippen molar-refractivity contribution in [3.8, 4) is 0 Å². The predicted molar refractivity (Wildman–Crippen MR) is 265 cm³/mol. The summed E-state index contributed by atoms with van der Waals surface area (Å²) in [5.41, 5.74) is 0.